The van der Waals surface area contributed by atoms with Crippen LogP contribution in [-0.4, -0.2) is 31.4 Å². The van der Waals surface area contributed by atoms with E-state index in [1.807, 2.05) is 12.3 Å². The van der Waals surface area contributed by atoms with Crippen LogP contribution in [0.3, 0.4) is 0 Å². The Hall–Kier alpha value is -1.44. The van der Waals surface area contributed by atoms with E-state index in [9.17, 15) is 8.42 Å². The van der Waals surface area contributed by atoms with Crippen LogP contribution in [0.4, 0.5) is 0 Å². The number of aromatic nitrogens is 1. The SMILES string of the molecule is COc1ccc(S(=O)(=O)N2CCCC2c2nccs2)cc1C. The molecule has 22 heavy (non-hydrogen) atoms. The molecule has 5 nitrogen and oxygen atoms in total. The van der Waals surface area contributed by atoms with Gasteiger partial charge in [0.1, 0.15) is 10.8 Å². The number of methoxy groups -OCH3 is 1. The van der Waals surface area contributed by atoms with Gasteiger partial charge in [-0.05, 0) is 43.5 Å². The van der Waals surface area contributed by atoms with Crippen LogP contribution in [0.1, 0.15) is 29.5 Å². The molecule has 1 saturated heterocycles. The number of benzene rings is 1. The van der Waals surface area contributed by atoms with E-state index in [1.165, 1.54) is 11.3 Å². The molecule has 1 unspecified atom stereocenters. The van der Waals surface area contributed by atoms with Crippen molar-refractivity contribution in [3.05, 3.63) is 40.3 Å². The van der Waals surface area contributed by atoms with E-state index in [0.717, 1.165) is 23.4 Å². The highest BCUT2D eigenvalue weighted by Gasteiger charge is 2.37. The summed E-state index contributed by atoms with van der Waals surface area (Å²) in [5.74, 6) is 0.692. The van der Waals surface area contributed by atoms with Crippen LogP contribution in [0, 0.1) is 6.92 Å². The summed E-state index contributed by atoms with van der Waals surface area (Å²) in [5, 5.41) is 2.75. The number of rotatable bonds is 4. The maximum atomic E-state index is 13.0. The van der Waals surface area contributed by atoms with Crippen molar-refractivity contribution < 1.29 is 13.2 Å². The van der Waals surface area contributed by atoms with Crippen LogP contribution in [0.2, 0.25) is 0 Å². The van der Waals surface area contributed by atoms with Crippen LogP contribution in [0.25, 0.3) is 0 Å². The number of thiazole rings is 1. The van der Waals surface area contributed by atoms with Gasteiger partial charge in [0.05, 0.1) is 18.0 Å². The third kappa shape index (κ3) is 2.64. The van der Waals surface area contributed by atoms with Crippen molar-refractivity contribution in [2.24, 2.45) is 0 Å². The van der Waals surface area contributed by atoms with E-state index in [2.05, 4.69) is 4.98 Å². The molecular weight excluding hydrogens is 320 g/mol. The second-order valence-corrected chi connectivity index (χ2v) is 8.09. The Bertz CT molecular complexity index is 757. The molecule has 1 atom stereocenters. The number of nitrogens with zero attached hydrogens (tertiary/aromatic N) is 2. The van der Waals surface area contributed by atoms with Crippen molar-refractivity contribution >= 4 is 21.4 Å². The normalized spacial score (nSPS) is 19.5. The lowest BCUT2D eigenvalue weighted by Crippen LogP contribution is -2.30. The van der Waals surface area contributed by atoms with E-state index in [4.69, 9.17) is 4.74 Å². The van der Waals surface area contributed by atoms with Crippen molar-refractivity contribution in [2.75, 3.05) is 13.7 Å². The number of hydrogen-bond acceptors (Lipinski definition) is 5. The molecule has 1 aliphatic heterocycles. The molecule has 0 aliphatic carbocycles. The Morgan fingerprint density at radius 2 is 2.23 bits per heavy atom. The molecule has 1 aromatic heterocycles. The van der Waals surface area contributed by atoms with Crippen molar-refractivity contribution in [1.82, 2.24) is 9.29 Å². The minimum Gasteiger partial charge on any atom is -0.496 e. The first-order valence-corrected chi connectivity index (χ1v) is 9.42. The van der Waals surface area contributed by atoms with Gasteiger partial charge in [0.2, 0.25) is 10.0 Å². The van der Waals surface area contributed by atoms with Crippen LogP contribution >= 0.6 is 11.3 Å². The Morgan fingerprint density at radius 3 is 2.86 bits per heavy atom. The molecule has 1 aromatic carbocycles. The van der Waals surface area contributed by atoms with Crippen molar-refractivity contribution in [2.45, 2.75) is 30.7 Å². The average Bonchev–Trinajstić information content (AvgIpc) is 3.17. The summed E-state index contributed by atoms with van der Waals surface area (Å²) >= 11 is 1.51. The van der Waals surface area contributed by atoms with Gasteiger partial charge in [-0.3, -0.25) is 0 Å². The fourth-order valence-corrected chi connectivity index (χ4v) is 5.42. The van der Waals surface area contributed by atoms with Gasteiger partial charge >= 0.3 is 0 Å². The first-order valence-electron chi connectivity index (χ1n) is 7.10. The zero-order valence-corrected chi connectivity index (χ0v) is 14.2. The molecule has 0 amide bonds. The molecule has 2 heterocycles. The highest BCUT2D eigenvalue weighted by atomic mass is 32.2. The quantitative estimate of drug-likeness (QED) is 0.860. The molecule has 0 N–H and O–H groups in total. The molecule has 118 valence electrons. The summed E-state index contributed by atoms with van der Waals surface area (Å²) in [5.41, 5.74) is 0.813. The van der Waals surface area contributed by atoms with Crippen LogP contribution in [-0.2, 0) is 10.0 Å². The van der Waals surface area contributed by atoms with E-state index in [-0.39, 0.29) is 6.04 Å². The predicted octanol–water partition coefficient (Wildman–Crippen LogP) is 2.99. The average molecular weight is 338 g/mol. The molecule has 0 bridgehead atoms. The Morgan fingerprint density at radius 1 is 1.41 bits per heavy atom. The number of sulfonamides is 1. The Labute approximate surface area is 134 Å². The lowest BCUT2D eigenvalue weighted by molar-refractivity contribution is 0.395. The van der Waals surface area contributed by atoms with Gasteiger partial charge in [-0.15, -0.1) is 11.3 Å². The first kappa shape index (κ1) is 15.5. The predicted molar refractivity (Wildman–Crippen MR) is 85.7 cm³/mol. The zero-order valence-electron chi connectivity index (χ0n) is 12.5. The second kappa shape index (κ2) is 5.98. The molecule has 0 radical (unpaired) electrons. The van der Waals surface area contributed by atoms with E-state index in [0.29, 0.717) is 17.2 Å². The summed E-state index contributed by atoms with van der Waals surface area (Å²) in [6, 6.07) is 4.84. The Kier molecular flexibility index (Phi) is 4.20. The van der Waals surface area contributed by atoms with Crippen LogP contribution in [0.15, 0.2) is 34.7 Å². The number of aryl methyl sites for hydroxylation is 1. The van der Waals surface area contributed by atoms with E-state index < -0.39 is 10.0 Å². The van der Waals surface area contributed by atoms with Crippen molar-refractivity contribution in [1.29, 1.82) is 0 Å². The highest BCUT2D eigenvalue weighted by molar-refractivity contribution is 7.89. The maximum Gasteiger partial charge on any atom is 0.243 e. The highest BCUT2D eigenvalue weighted by Crippen LogP contribution is 2.37. The van der Waals surface area contributed by atoms with Crippen LogP contribution < -0.4 is 4.74 Å². The molecular formula is C15H18N2O3S2. The molecule has 0 spiro atoms. The maximum absolute atomic E-state index is 13.0. The minimum absolute atomic E-state index is 0.146. The van der Waals surface area contributed by atoms with Crippen LogP contribution in [0.5, 0.6) is 5.75 Å². The Balaban J connectivity index is 1.97. The molecule has 1 fully saturated rings. The van der Waals surface area contributed by atoms with Crippen molar-refractivity contribution in [3.8, 4) is 5.75 Å². The minimum atomic E-state index is -3.52. The third-order valence-corrected chi connectivity index (χ3v) is 6.69. The molecule has 1 aliphatic rings. The van der Waals surface area contributed by atoms with E-state index in [1.54, 1.807) is 35.8 Å². The zero-order chi connectivity index (χ0) is 15.7. The fraction of sp³-hybridized carbons (Fsp3) is 0.400. The van der Waals surface area contributed by atoms with Gasteiger partial charge in [0.15, 0.2) is 0 Å². The smallest absolute Gasteiger partial charge is 0.243 e. The number of ether oxygens (including phenoxy) is 1. The lowest BCUT2D eigenvalue weighted by atomic mass is 10.2. The van der Waals surface area contributed by atoms with Gasteiger partial charge in [-0.1, -0.05) is 0 Å². The summed E-state index contributed by atoms with van der Waals surface area (Å²) in [6.07, 6.45) is 3.40. The molecule has 2 aromatic rings. The van der Waals surface area contributed by atoms with Crippen molar-refractivity contribution in [3.63, 3.8) is 0 Å². The topological polar surface area (TPSA) is 59.5 Å². The fourth-order valence-electron chi connectivity index (χ4n) is 2.82. The third-order valence-electron chi connectivity index (χ3n) is 3.91. The molecule has 0 saturated carbocycles. The number of hydrogen-bond donors (Lipinski definition) is 0. The summed E-state index contributed by atoms with van der Waals surface area (Å²) in [4.78, 5) is 4.61. The second-order valence-electron chi connectivity index (χ2n) is 5.28. The van der Waals surface area contributed by atoms with Gasteiger partial charge in [-0.25, -0.2) is 13.4 Å². The standard InChI is InChI=1S/C15H18N2O3S2/c1-11-10-12(5-6-14(11)20-2)22(18,19)17-8-3-4-13(17)15-16-7-9-21-15/h5-7,9-10,13H,3-4,8H2,1-2H3. The summed E-state index contributed by atoms with van der Waals surface area (Å²) in [7, 11) is -1.94. The summed E-state index contributed by atoms with van der Waals surface area (Å²) < 4.78 is 32.7. The first-order chi connectivity index (χ1) is 10.5. The van der Waals surface area contributed by atoms with Gasteiger partial charge in [0.25, 0.3) is 0 Å². The van der Waals surface area contributed by atoms with E-state index >= 15 is 0 Å². The lowest BCUT2D eigenvalue weighted by Gasteiger charge is -2.23. The molecule has 7 heteroatoms. The van der Waals surface area contributed by atoms with Gasteiger partial charge < -0.3 is 4.74 Å². The monoisotopic (exact) mass is 338 g/mol. The molecule has 3 rings (SSSR count). The van der Waals surface area contributed by atoms with Gasteiger partial charge in [-0.2, -0.15) is 4.31 Å². The largest absolute Gasteiger partial charge is 0.496 e. The van der Waals surface area contributed by atoms with Gasteiger partial charge in [0, 0.05) is 18.1 Å². The summed E-state index contributed by atoms with van der Waals surface area (Å²) in [6.45, 7) is 2.39.